The number of nitrogens with two attached hydrogens (primary N) is 1. The van der Waals surface area contributed by atoms with Gasteiger partial charge < -0.3 is 20.0 Å². The Morgan fingerprint density at radius 3 is 2.76 bits per heavy atom. The number of rotatable bonds is 8. The second-order valence-electron chi connectivity index (χ2n) is 6.25. The Bertz CT molecular complexity index is 780. The van der Waals surface area contributed by atoms with Crippen LogP contribution in [0.1, 0.15) is 49.5 Å². The van der Waals surface area contributed by atoms with Crippen molar-refractivity contribution in [1.29, 1.82) is 0 Å². The molecular formula is C18H24N6O. The minimum absolute atomic E-state index is 0.399. The summed E-state index contributed by atoms with van der Waals surface area (Å²) in [5, 5.41) is 11.2. The van der Waals surface area contributed by atoms with Gasteiger partial charge in [0, 0.05) is 31.4 Å². The van der Waals surface area contributed by atoms with E-state index in [0.717, 1.165) is 30.9 Å². The quantitative estimate of drug-likeness (QED) is 0.612. The Kier molecular flexibility index (Phi) is 5.45. The van der Waals surface area contributed by atoms with E-state index in [1.54, 1.807) is 0 Å². The predicted octanol–water partition coefficient (Wildman–Crippen LogP) is 2.94. The zero-order valence-corrected chi connectivity index (χ0v) is 14.6. The third-order valence-electron chi connectivity index (χ3n) is 3.98. The third kappa shape index (κ3) is 4.24. The highest BCUT2D eigenvalue weighted by atomic mass is 16.4. The number of hydrogen-bond acceptors (Lipinski definition) is 6. The molecule has 25 heavy (non-hydrogen) atoms. The highest BCUT2D eigenvalue weighted by molar-refractivity contribution is 5.25. The van der Waals surface area contributed by atoms with E-state index in [1.165, 1.54) is 0 Å². The largest absolute Gasteiger partial charge is 0.406 e. The second kappa shape index (κ2) is 7.94. The van der Waals surface area contributed by atoms with Crippen molar-refractivity contribution in [1.82, 2.24) is 19.7 Å². The summed E-state index contributed by atoms with van der Waals surface area (Å²) in [5.41, 5.74) is 7.10. The number of aryl methyl sites for hydroxylation is 1. The molecule has 7 nitrogen and oxygen atoms in total. The van der Waals surface area contributed by atoms with Gasteiger partial charge in [-0.2, -0.15) is 0 Å². The third-order valence-corrected chi connectivity index (χ3v) is 3.98. The first-order valence-corrected chi connectivity index (χ1v) is 8.54. The Morgan fingerprint density at radius 1 is 1.20 bits per heavy atom. The molecule has 0 bridgehead atoms. The minimum Gasteiger partial charge on any atom is -0.406 e. The van der Waals surface area contributed by atoms with Gasteiger partial charge in [0.2, 0.25) is 5.89 Å². The smallest absolute Gasteiger partial charge is 0.315 e. The number of nitrogens with one attached hydrogen (secondary N) is 1. The molecule has 1 atom stereocenters. The van der Waals surface area contributed by atoms with Crippen molar-refractivity contribution in [3.8, 4) is 0 Å². The average Bonchev–Trinajstić information content (AvgIpc) is 3.28. The van der Waals surface area contributed by atoms with E-state index >= 15 is 0 Å². The summed E-state index contributed by atoms with van der Waals surface area (Å²) in [6.07, 6.45) is 4.79. The molecule has 3 N–H and O–H groups in total. The lowest BCUT2D eigenvalue weighted by Gasteiger charge is -2.10. The lowest BCUT2D eigenvalue weighted by Crippen LogP contribution is -2.12. The molecule has 0 aliphatic rings. The molecule has 0 saturated heterocycles. The topological polar surface area (TPSA) is 94.8 Å². The maximum atomic E-state index is 6.16. The Hall–Kier alpha value is -2.67. The fourth-order valence-corrected chi connectivity index (χ4v) is 2.69. The summed E-state index contributed by atoms with van der Waals surface area (Å²) in [6, 6.07) is 9.69. The first-order valence-electron chi connectivity index (χ1n) is 8.54. The molecule has 1 aromatic carbocycles. The van der Waals surface area contributed by atoms with E-state index < -0.39 is 6.04 Å². The van der Waals surface area contributed by atoms with Crippen LogP contribution >= 0.6 is 0 Å². The van der Waals surface area contributed by atoms with Crippen LogP contribution in [-0.2, 0) is 6.54 Å². The van der Waals surface area contributed by atoms with Crippen LogP contribution in [0.25, 0.3) is 0 Å². The van der Waals surface area contributed by atoms with E-state index in [-0.39, 0.29) is 0 Å². The maximum absolute atomic E-state index is 6.16. The predicted molar refractivity (Wildman–Crippen MR) is 96.2 cm³/mol. The van der Waals surface area contributed by atoms with Gasteiger partial charge in [0.05, 0.1) is 0 Å². The molecule has 0 unspecified atom stereocenters. The number of imidazole rings is 1. The van der Waals surface area contributed by atoms with Crippen molar-refractivity contribution in [2.45, 2.75) is 38.8 Å². The molecule has 2 heterocycles. The molecule has 3 rings (SSSR count). The van der Waals surface area contributed by atoms with E-state index in [1.807, 2.05) is 42.7 Å². The molecule has 0 saturated carbocycles. The van der Waals surface area contributed by atoms with Crippen LogP contribution in [0.5, 0.6) is 0 Å². The number of hydrogen-bond donors (Lipinski definition) is 2. The zero-order chi connectivity index (χ0) is 17.6. The molecule has 3 aromatic rings. The minimum atomic E-state index is -0.413. The normalized spacial score (nSPS) is 12.5. The van der Waals surface area contributed by atoms with Gasteiger partial charge in [-0.25, -0.2) is 4.98 Å². The first-order chi connectivity index (χ1) is 12.1. The maximum Gasteiger partial charge on any atom is 0.315 e. The summed E-state index contributed by atoms with van der Waals surface area (Å²) in [5.74, 6) is 1.93. The lowest BCUT2D eigenvalue weighted by atomic mass is 10.1. The van der Waals surface area contributed by atoms with Gasteiger partial charge in [0.1, 0.15) is 11.9 Å². The van der Waals surface area contributed by atoms with E-state index in [0.29, 0.717) is 17.8 Å². The Balaban J connectivity index is 1.50. The van der Waals surface area contributed by atoms with Crippen LogP contribution in [0.2, 0.25) is 0 Å². The number of benzene rings is 1. The highest BCUT2D eigenvalue weighted by Gasteiger charge is 2.16. The highest BCUT2D eigenvalue weighted by Crippen LogP contribution is 2.19. The molecule has 2 aromatic heterocycles. The molecule has 0 spiro atoms. The number of anilines is 1. The Morgan fingerprint density at radius 2 is 2.00 bits per heavy atom. The van der Waals surface area contributed by atoms with Gasteiger partial charge in [-0.15, -0.1) is 5.10 Å². The molecule has 0 radical (unpaired) electrons. The van der Waals surface area contributed by atoms with Crippen LogP contribution in [0, 0.1) is 0 Å². The zero-order valence-electron chi connectivity index (χ0n) is 14.6. The van der Waals surface area contributed by atoms with E-state index in [9.17, 15) is 0 Å². The van der Waals surface area contributed by atoms with E-state index in [4.69, 9.17) is 10.2 Å². The van der Waals surface area contributed by atoms with Crippen LogP contribution in [0.15, 0.2) is 47.1 Å². The van der Waals surface area contributed by atoms with Crippen LogP contribution < -0.4 is 11.1 Å². The monoisotopic (exact) mass is 340 g/mol. The van der Waals surface area contributed by atoms with Crippen molar-refractivity contribution in [2.24, 2.45) is 5.73 Å². The summed E-state index contributed by atoms with van der Waals surface area (Å²) in [6.45, 7) is 5.92. The summed E-state index contributed by atoms with van der Waals surface area (Å²) < 4.78 is 7.80. The SMILES string of the molecule is CC(C)c1nccn1CCCNc1nnc([C@H](N)c2ccccc2)o1. The molecule has 0 fully saturated rings. The standard InChI is InChI=1S/C18H24N6O/c1-13(2)16-20-10-12-24(16)11-6-9-21-18-23-22-17(25-18)15(19)14-7-4-3-5-8-14/h3-5,7-8,10,12-13,15H,6,9,11,19H2,1-2H3,(H,21,23)/t15-/m1/s1. The number of aromatic nitrogens is 4. The van der Waals surface area contributed by atoms with E-state index in [2.05, 4.69) is 38.9 Å². The fourth-order valence-electron chi connectivity index (χ4n) is 2.69. The van der Waals surface area contributed by atoms with Crippen molar-refractivity contribution >= 4 is 6.01 Å². The van der Waals surface area contributed by atoms with Crippen molar-refractivity contribution < 1.29 is 4.42 Å². The van der Waals surface area contributed by atoms with Crippen LogP contribution in [0.3, 0.4) is 0 Å². The van der Waals surface area contributed by atoms with Gasteiger partial charge >= 0.3 is 6.01 Å². The Labute approximate surface area is 147 Å². The van der Waals surface area contributed by atoms with Gasteiger partial charge in [-0.1, -0.05) is 49.3 Å². The molecule has 0 amide bonds. The molecule has 0 aliphatic carbocycles. The number of nitrogens with zero attached hydrogens (tertiary/aromatic N) is 4. The molecule has 132 valence electrons. The molecule has 0 aliphatic heterocycles. The molecular weight excluding hydrogens is 316 g/mol. The summed E-state index contributed by atoms with van der Waals surface area (Å²) in [7, 11) is 0. The summed E-state index contributed by atoms with van der Waals surface area (Å²) in [4.78, 5) is 4.39. The average molecular weight is 340 g/mol. The van der Waals surface area contributed by atoms with Crippen molar-refractivity contribution in [3.05, 3.63) is 60.0 Å². The van der Waals surface area contributed by atoms with Gasteiger partial charge in [0.25, 0.3) is 0 Å². The van der Waals surface area contributed by atoms with Crippen LogP contribution in [-0.4, -0.2) is 26.3 Å². The summed E-state index contributed by atoms with van der Waals surface area (Å²) >= 11 is 0. The van der Waals surface area contributed by atoms with Gasteiger partial charge in [-0.05, 0) is 12.0 Å². The first kappa shape index (κ1) is 17.2. The fraction of sp³-hybridized carbons (Fsp3) is 0.389. The lowest BCUT2D eigenvalue weighted by molar-refractivity contribution is 0.481. The van der Waals surface area contributed by atoms with Gasteiger partial charge in [0.15, 0.2) is 0 Å². The van der Waals surface area contributed by atoms with Crippen LogP contribution in [0.4, 0.5) is 6.01 Å². The van der Waals surface area contributed by atoms with Crippen molar-refractivity contribution in [2.75, 3.05) is 11.9 Å². The second-order valence-corrected chi connectivity index (χ2v) is 6.25. The van der Waals surface area contributed by atoms with Gasteiger partial charge in [-0.3, -0.25) is 0 Å². The molecule has 7 heteroatoms. The van der Waals surface area contributed by atoms with Crippen molar-refractivity contribution in [3.63, 3.8) is 0 Å².